The van der Waals surface area contributed by atoms with Gasteiger partial charge in [0.15, 0.2) is 0 Å². The third-order valence-electron chi connectivity index (χ3n) is 14.2. The van der Waals surface area contributed by atoms with E-state index in [0.29, 0.717) is 37.4 Å². The van der Waals surface area contributed by atoms with E-state index in [2.05, 4.69) is 188 Å². The Kier molecular flexibility index (Phi) is 37.5. The van der Waals surface area contributed by atoms with Crippen LogP contribution in [0, 0.1) is 6.92 Å². The topological polar surface area (TPSA) is 63.9 Å². The highest BCUT2D eigenvalue weighted by Gasteiger charge is 2.47. The number of fused-ring (bicyclic) bond motifs is 1. The molecule has 0 spiro atoms. The Morgan fingerprint density at radius 2 is 0.918 bits per heavy atom. The van der Waals surface area contributed by atoms with Gasteiger partial charge in [-0.05, 0) is 165 Å². The minimum Gasteiger partial charge on any atom is -0.294 e. The summed E-state index contributed by atoms with van der Waals surface area (Å²) < 4.78 is 40.4. The van der Waals surface area contributed by atoms with E-state index in [-0.39, 0.29) is 10.4 Å². The Bertz CT molecular complexity index is 4420. The number of aryl methyl sites for hydroxylation is 1. The summed E-state index contributed by atoms with van der Waals surface area (Å²) in [5.74, 6) is 0.620. The molecule has 2 atom stereocenters. The first-order valence-corrected chi connectivity index (χ1v) is 30.7. The third kappa shape index (κ3) is 28.0. The molecule has 0 aliphatic carbocycles. The molecule has 0 amide bonds. The number of pyridine rings is 2. The van der Waals surface area contributed by atoms with Gasteiger partial charge < -0.3 is 0 Å². The van der Waals surface area contributed by atoms with Crippen LogP contribution in [0.15, 0.2) is 283 Å². The van der Waals surface area contributed by atoms with Crippen molar-refractivity contribution in [1.82, 2.24) is 24.4 Å². The normalized spacial score (nSPS) is 10.4. The summed E-state index contributed by atoms with van der Waals surface area (Å²) in [5, 5.41) is 0. The smallest absolute Gasteiger partial charge is 0.294 e. The van der Waals surface area contributed by atoms with Gasteiger partial charge in [0.1, 0.15) is 11.9 Å². The molecule has 0 saturated carbocycles. The van der Waals surface area contributed by atoms with Crippen molar-refractivity contribution in [3.63, 3.8) is 0 Å². The summed E-state index contributed by atoms with van der Waals surface area (Å²) in [4.78, 5) is 29.8. The highest BCUT2D eigenvalue weighted by atomic mass is 79.9. The summed E-state index contributed by atoms with van der Waals surface area (Å²) >= 11 is 3.63. The predicted octanol–water partition coefficient (Wildman–Crippen LogP) is 4.34. The summed E-state index contributed by atoms with van der Waals surface area (Å²) in [6, 6.07) is 36.4. The molecule has 0 saturated heterocycles. The van der Waals surface area contributed by atoms with Crippen LogP contribution in [0.4, 0.5) is 13.2 Å². The van der Waals surface area contributed by atoms with Crippen LogP contribution in [0.3, 0.4) is 0 Å². The second-order valence-corrected chi connectivity index (χ2v) is 21.9. The minimum absolute atomic E-state index is 0.117. The predicted molar refractivity (Wildman–Crippen MR) is 416 cm³/mol. The van der Waals surface area contributed by atoms with E-state index < -0.39 is 81.6 Å². The van der Waals surface area contributed by atoms with E-state index in [1.165, 1.54) is 24.8 Å². The SMILES string of the molecule is BrC(c1ccccc1)c1ccccn1.C=C=C=C=C=C=C=C=C=C=C=C=C=C=C=C=C=C=C=C=C=C=C=C=C.Cc1nc2c(c(=O)n1C(c1ccccc1)c1ccccn1)CN(Cc1ccc(C(F)(F)F)cc1)CC2.[B][B]B([B])B(B([B])[B])B(B(B([B])[B])B([B])[B])B(B([B])[B])B([B])[B]. The zero-order chi connectivity index (χ0) is 71.8. The van der Waals surface area contributed by atoms with Gasteiger partial charge in [0.2, 0.25) is 0 Å². The molecule has 1 aliphatic rings. The van der Waals surface area contributed by atoms with Crippen LogP contribution >= 0.6 is 15.9 Å². The first-order chi connectivity index (χ1) is 47.1. The molecular formula is C65H39B23BrF3N5O. The molecule has 0 N–H and O–H groups in total. The van der Waals surface area contributed by atoms with Crippen molar-refractivity contribution in [2.75, 3.05) is 6.54 Å². The van der Waals surface area contributed by atoms with Crippen molar-refractivity contribution in [3.8, 4) is 0 Å². The minimum atomic E-state index is -4.36. The third-order valence-corrected chi connectivity index (χ3v) is 15.2. The van der Waals surface area contributed by atoms with Crippen molar-refractivity contribution >= 4 is 180 Å². The Morgan fingerprint density at radius 3 is 1.29 bits per heavy atom. The molecule has 427 valence electrons. The number of alkyl halides is 4. The fraction of sp³-hybridized carbons (Fsp3) is 0.123. The molecule has 33 heteroatoms. The number of hydrogen-bond acceptors (Lipinski definition) is 5. The lowest BCUT2D eigenvalue weighted by atomic mass is 8.36. The maximum Gasteiger partial charge on any atom is 0.416 e. The summed E-state index contributed by atoms with van der Waals surface area (Å²) in [6.45, 7) is 9.95. The molecule has 7 rings (SSSR count). The Hall–Kier alpha value is -8.76. The van der Waals surface area contributed by atoms with Gasteiger partial charge in [-0.25, -0.2) is 4.98 Å². The van der Waals surface area contributed by atoms with Crippen molar-refractivity contribution in [1.29, 1.82) is 0 Å². The average Bonchev–Trinajstić information content (AvgIpc) is 0.765. The highest BCUT2D eigenvalue weighted by Crippen LogP contribution is 2.31. The molecule has 98 heavy (non-hydrogen) atoms. The van der Waals surface area contributed by atoms with Crippen LogP contribution in [-0.4, -0.2) is 195 Å². The molecule has 6 aromatic rings. The zero-order valence-electron chi connectivity index (χ0n) is 53.5. The average molecular weight is 1290 g/mol. The highest BCUT2D eigenvalue weighted by molar-refractivity contribution is 9.09. The maximum absolute atomic E-state index is 13.9. The molecule has 25 radical (unpaired) electrons. The van der Waals surface area contributed by atoms with Gasteiger partial charge in [0, 0.05) is 231 Å². The molecule has 6 nitrogen and oxygen atoms in total. The van der Waals surface area contributed by atoms with Crippen molar-refractivity contribution in [3.05, 3.63) is 340 Å². The first-order valence-electron chi connectivity index (χ1n) is 29.8. The molecule has 4 heterocycles. The first kappa shape index (κ1) is 81.7. The lowest BCUT2D eigenvalue weighted by Gasteiger charge is -2.45. The molecule has 3 aromatic carbocycles. The van der Waals surface area contributed by atoms with Crippen molar-refractivity contribution in [2.24, 2.45) is 0 Å². The number of nitrogens with zero attached hydrogens (tertiary/aromatic N) is 5. The second-order valence-electron chi connectivity index (χ2n) is 21.0. The van der Waals surface area contributed by atoms with E-state index in [1.807, 2.05) is 98.0 Å². The van der Waals surface area contributed by atoms with Crippen LogP contribution in [0.5, 0.6) is 0 Å². The van der Waals surface area contributed by atoms with Gasteiger partial charge in [-0.15, -0.1) is 0 Å². The van der Waals surface area contributed by atoms with Gasteiger partial charge in [-0.1, -0.05) is 112 Å². The monoisotopic (exact) mass is 1290 g/mol. The fourth-order valence-electron chi connectivity index (χ4n) is 9.99. The van der Waals surface area contributed by atoms with Crippen LogP contribution < -0.4 is 5.56 Å². The Balaban J connectivity index is 0.000000292. The van der Waals surface area contributed by atoms with Crippen molar-refractivity contribution in [2.45, 2.75) is 43.5 Å². The number of rotatable bonds is 17. The molecule has 0 bridgehead atoms. The number of aromatic nitrogens is 4. The van der Waals surface area contributed by atoms with E-state index >= 15 is 0 Å². The Labute approximate surface area is 602 Å². The quantitative estimate of drug-likeness (QED) is 0.0774. The lowest BCUT2D eigenvalue weighted by molar-refractivity contribution is -0.137. The summed E-state index contributed by atoms with van der Waals surface area (Å²) in [5.41, 5.74) is 62.2. The molecule has 1 aliphatic heterocycles. The number of hydrogen-bond donors (Lipinski definition) is 0. The summed E-state index contributed by atoms with van der Waals surface area (Å²) in [7, 11) is 71.4. The maximum atomic E-state index is 13.9. The van der Waals surface area contributed by atoms with Gasteiger partial charge in [-0.2, -0.15) is 13.2 Å². The number of benzene rings is 3. The van der Waals surface area contributed by atoms with Crippen LogP contribution in [0.1, 0.15) is 61.6 Å². The van der Waals surface area contributed by atoms with Crippen molar-refractivity contribution < 1.29 is 13.2 Å². The standard InChI is InChI=1S/C28H25F3N4O.C25H4.C12H10BrN.B23/c1-19-33-24-14-16-34(17-20-10-12-22(13-11-20)28(29,30)31)18-23(24)27(36)35(19)26(21-7-3-2-4-8-21)25-9-5-6-15-32-25;1-3-5-7-9-11-13-15-17-19-21-23-25-24-22-20-18-16-14-12-10-8-6-4-2;13-12(10-6-2-1-3-7-10)11-8-4-5-9-14-11;1-13-19(12)22(18(10)11)23(20(14(2)3)15(4)5)21(16(6)7)17(8)9/h2-13,15,26H,14,16-18H2,1H3;1-2H2;1-9,12H;. The van der Waals surface area contributed by atoms with Gasteiger partial charge in [0.25, 0.3) is 5.56 Å². The van der Waals surface area contributed by atoms with E-state index in [4.69, 9.17) is 97.8 Å². The number of halogens is 4. The largest absolute Gasteiger partial charge is 0.416 e. The fourth-order valence-corrected chi connectivity index (χ4v) is 10.6. The molecule has 0 fully saturated rings. The lowest BCUT2D eigenvalue weighted by Crippen LogP contribution is -2.83. The van der Waals surface area contributed by atoms with Crippen LogP contribution in [0.2, 0.25) is 0 Å². The van der Waals surface area contributed by atoms with E-state index in [1.54, 1.807) is 10.8 Å². The Morgan fingerprint density at radius 1 is 0.531 bits per heavy atom. The second kappa shape index (κ2) is 44.9. The van der Waals surface area contributed by atoms with Crippen LogP contribution in [-0.2, 0) is 25.7 Å². The van der Waals surface area contributed by atoms with Gasteiger partial charge in [0.05, 0.1) is 33.0 Å². The van der Waals surface area contributed by atoms with Gasteiger partial charge >= 0.3 is 6.18 Å². The molecule has 2 unspecified atom stereocenters. The van der Waals surface area contributed by atoms with Gasteiger partial charge in [-0.3, -0.25) is 24.2 Å². The van der Waals surface area contributed by atoms with E-state index in [0.717, 1.165) is 40.3 Å². The molecule has 3 aromatic heterocycles. The van der Waals surface area contributed by atoms with Crippen LogP contribution in [0.25, 0.3) is 0 Å². The summed E-state index contributed by atoms with van der Waals surface area (Å²) in [6.07, 6.45) is -8.26. The molecular weight excluding hydrogens is 1250 g/mol. The van der Waals surface area contributed by atoms with E-state index in [9.17, 15) is 18.0 Å². The zero-order valence-corrected chi connectivity index (χ0v) is 55.1.